The summed E-state index contributed by atoms with van der Waals surface area (Å²) in [5.74, 6) is 0.226. The number of carbonyl (C=O) groups excluding carboxylic acids is 1. The molecule has 1 amide bonds. The highest BCUT2D eigenvalue weighted by atomic mass is 19.1. The molecule has 1 fully saturated rings. The van der Waals surface area contributed by atoms with E-state index in [1.807, 2.05) is 4.90 Å². The number of nitrogens with zero attached hydrogens (tertiary/aromatic N) is 5. The SMILES string of the molecule is O=C(c1ccnc(-c2ncc[nH]2)c1)N1CCN(c2cncc(F)c2)CC1. The number of nitrogens with one attached hydrogen (secondary N) is 1. The molecule has 1 saturated heterocycles. The van der Waals surface area contributed by atoms with Crippen LogP contribution in [-0.4, -0.2) is 56.9 Å². The van der Waals surface area contributed by atoms with Gasteiger partial charge >= 0.3 is 0 Å². The number of amides is 1. The number of rotatable bonds is 3. The van der Waals surface area contributed by atoms with Crippen LogP contribution in [0.1, 0.15) is 10.4 Å². The number of pyridine rings is 2. The molecule has 8 heteroatoms. The van der Waals surface area contributed by atoms with Gasteiger partial charge in [0, 0.05) is 56.4 Å². The summed E-state index contributed by atoms with van der Waals surface area (Å²) in [5.41, 5.74) is 1.94. The first-order valence-electron chi connectivity index (χ1n) is 8.31. The fraction of sp³-hybridized carbons (Fsp3) is 0.222. The van der Waals surface area contributed by atoms with E-state index in [-0.39, 0.29) is 11.7 Å². The van der Waals surface area contributed by atoms with Crippen molar-refractivity contribution in [3.63, 3.8) is 0 Å². The van der Waals surface area contributed by atoms with E-state index in [1.165, 1.54) is 12.3 Å². The third kappa shape index (κ3) is 3.26. The van der Waals surface area contributed by atoms with Gasteiger partial charge in [-0.1, -0.05) is 0 Å². The van der Waals surface area contributed by atoms with Crippen LogP contribution in [0.15, 0.2) is 49.2 Å². The zero-order valence-electron chi connectivity index (χ0n) is 14.0. The third-order valence-corrected chi connectivity index (χ3v) is 4.37. The number of aromatic amines is 1. The van der Waals surface area contributed by atoms with Crippen molar-refractivity contribution in [3.8, 4) is 11.5 Å². The van der Waals surface area contributed by atoms with Crippen molar-refractivity contribution in [2.24, 2.45) is 0 Å². The number of halogens is 1. The van der Waals surface area contributed by atoms with Crippen LogP contribution >= 0.6 is 0 Å². The Kier molecular flexibility index (Phi) is 4.30. The number of imidazole rings is 1. The highest BCUT2D eigenvalue weighted by Gasteiger charge is 2.23. The van der Waals surface area contributed by atoms with Crippen molar-refractivity contribution >= 4 is 11.6 Å². The second-order valence-corrected chi connectivity index (χ2v) is 6.01. The van der Waals surface area contributed by atoms with E-state index >= 15 is 0 Å². The molecule has 132 valence electrons. The van der Waals surface area contributed by atoms with E-state index in [4.69, 9.17) is 0 Å². The van der Waals surface area contributed by atoms with Crippen LogP contribution in [0.3, 0.4) is 0 Å². The zero-order valence-corrected chi connectivity index (χ0v) is 14.0. The number of H-pyrrole nitrogens is 1. The zero-order chi connectivity index (χ0) is 17.9. The minimum atomic E-state index is -0.358. The maximum Gasteiger partial charge on any atom is 0.254 e. The fourth-order valence-electron chi connectivity index (χ4n) is 3.02. The number of aromatic nitrogens is 4. The minimum absolute atomic E-state index is 0.0442. The van der Waals surface area contributed by atoms with Gasteiger partial charge in [0.25, 0.3) is 5.91 Å². The van der Waals surface area contributed by atoms with Crippen LogP contribution in [0, 0.1) is 5.82 Å². The average Bonchev–Trinajstić information content (AvgIpc) is 3.23. The summed E-state index contributed by atoms with van der Waals surface area (Å²) >= 11 is 0. The number of hydrogen-bond acceptors (Lipinski definition) is 5. The molecule has 1 aliphatic heterocycles. The van der Waals surface area contributed by atoms with Gasteiger partial charge in [0.15, 0.2) is 5.82 Å². The molecule has 0 unspecified atom stereocenters. The highest BCUT2D eigenvalue weighted by molar-refractivity contribution is 5.95. The summed E-state index contributed by atoms with van der Waals surface area (Å²) in [7, 11) is 0. The predicted molar refractivity (Wildman–Crippen MR) is 94.1 cm³/mol. The lowest BCUT2D eigenvalue weighted by Gasteiger charge is -2.36. The molecule has 0 atom stereocenters. The van der Waals surface area contributed by atoms with E-state index in [0.717, 1.165) is 5.69 Å². The van der Waals surface area contributed by atoms with E-state index in [1.54, 1.807) is 41.8 Å². The largest absolute Gasteiger partial charge is 0.367 e. The van der Waals surface area contributed by atoms with Crippen LogP contribution < -0.4 is 4.90 Å². The van der Waals surface area contributed by atoms with Crippen LogP contribution in [0.2, 0.25) is 0 Å². The molecule has 3 aromatic rings. The van der Waals surface area contributed by atoms with Crippen molar-refractivity contribution < 1.29 is 9.18 Å². The Bertz CT molecular complexity index is 906. The Balaban J connectivity index is 1.45. The molecule has 4 rings (SSSR count). The first-order valence-corrected chi connectivity index (χ1v) is 8.31. The number of anilines is 1. The van der Waals surface area contributed by atoms with Gasteiger partial charge in [-0.2, -0.15) is 0 Å². The summed E-state index contributed by atoms with van der Waals surface area (Å²) in [6, 6.07) is 4.91. The fourth-order valence-corrected chi connectivity index (χ4v) is 3.02. The van der Waals surface area contributed by atoms with Gasteiger partial charge in [0.2, 0.25) is 0 Å². The third-order valence-electron chi connectivity index (χ3n) is 4.37. The molecular weight excluding hydrogens is 335 g/mol. The lowest BCUT2D eigenvalue weighted by atomic mass is 10.1. The Hall–Kier alpha value is -3.29. The van der Waals surface area contributed by atoms with Gasteiger partial charge in [-0.3, -0.25) is 14.8 Å². The van der Waals surface area contributed by atoms with Crippen molar-refractivity contribution in [2.45, 2.75) is 0 Å². The van der Waals surface area contributed by atoms with Crippen LogP contribution in [-0.2, 0) is 0 Å². The van der Waals surface area contributed by atoms with Crippen molar-refractivity contribution in [2.75, 3.05) is 31.1 Å². The molecular formula is C18H17FN6O. The Morgan fingerprint density at radius 3 is 2.65 bits per heavy atom. The van der Waals surface area contributed by atoms with Gasteiger partial charge in [-0.25, -0.2) is 9.37 Å². The molecule has 7 nitrogen and oxygen atoms in total. The maximum atomic E-state index is 13.3. The van der Waals surface area contributed by atoms with Crippen LogP contribution in [0.25, 0.3) is 11.5 Å². The topological polar surface area (TPSA) is 78.0 Å². The van der Waals surface area contributed by atoms with E-state index in [0.29, 0.717) is 43.3 Å². The molecule has 26 heavy (non-hydrogen) atoms. The van der Waals surface area contributed by atoms with E-state index < -0.39 is 0 Å². The molecule has 1 aliphatic rings. The highest BCUT2D eigenvalue weighted by Crippen LogP contribution is 2.18. The van der Waals surface area contributed by atoms with Gasteiger partial charge in [-0.05, 0) is 12.1 Å². The Morgan fingerprint density at radius 1 is 1.08 bits per heavy atom. The number of carbonyl (C=O) groups is 1. The molecule has 1 N–H and O–H groups in total. The van der Waals surface area contributed by atoms with Gasteiger partial charge in [-0.15, -0.1) is 0 Å². The summed E-state index contributed by atoms with van der Waals surface area (Å²) in [6.45, 7) is 2.39. The minimum Gasteiger partial charge on any atom is -0.367 e. The number of piperazine rings is 1. The van der Waals surface area contributed by atoms with Crippen LogP contribution in [0.5, 0.6) is 0 Å². The number of hydrogen-bond donors (Lipinski definition) is 1. The van der Waals surface area contributed by atoms with Gasteiger partial charge < -0.3 is 14.8 Å². The standard InChI is InChI=1S/C18H17FN6O/c19-14-10-15(12-20-11-14)24-5-7-25(8-6-24)18(26)13-1-2-21-16(9-13)17-22-3-4-23-17/h1-4,9-12H,5-8H2,(H,22,23). The summed E-state index contributed by atoms with van der Waals surface area (Å²) in [4.78, 5) is 31.9. The smallest absolute Gasteiger partial charge is 0.254 e. The normalized spacial score (nSPS) is 14.5. The molecule has 0 radical (unpaired) electrons. The molecule has 3 aromatic heterocycles. The quantitative estimate of drug-likeness (QED) is 0.780. The first kappa shape index (κ1) is 16.2. The predicted octanol–water partition coefficient (Wildman–Crippen LogP) is 1.97. The monoisotopic (exact) mass is 352 g/mol. The lowest BCUT2D eigenvalue weighted by molar-refractivity contribution is 0.0746. The van der Waals surface area contributed by atoms with Gasteiger partial charge in [0.1, 0.15) is 11.5 Å². The average molecular weight is 352 g/mol. The summed E-state index contributed by atoms with van der Waals surface area (Å²) < 4.78 is 13.3. The second-order valence-electron chi connectivity index (χ2n) is 6.01. The molecule has 0 spiro atoms. The maximum absolute atomic E-state index is 13.3. The molecule has 4 heterocycles. The molecule has 0 saturated carbocycles. The van der Waals surface area contributed by atoms with Gasteiger partial charge in [0.05, 0.1) is 18.1 Å². The molecule has 0 aromatic carbocycles. The van der Waals surface area contributed by atoms with Crippen molar-refractivity contribution in [1.29, 1.82) is 0 Å². The van der Waals surface area contributed by atoms with E-state index in [2.05, 4.69) is 19.9 Å². The summed E-state index contributed by atoms with van der Waals surface area (Å²) in [5, 5.41) is 0. The Morgan fingerprint density at radius 2 is 1.92 bits per heavy atom. The van der Waals surface area contributed by atoms with Crippen molar-refractivity contribution in [1.82, 2.24) is 24.8 Å². The van der Waals surface area contributed by atoms with Crippen LogP contribution in [0.4, 0.5) is 10.1 Å². The second kappa shape index (κ2) is 6.91. The Labute approximate surface area is 149 Å². The molecule has 0 aliphatic carbocycles. The molecule has 0 bridgehead atoms. The summed E-state index contributed by atoms with van der Waals surface area (Å²) in [6.07, 6.45) is 7.79. The van der Waals surface area contributed by atoms with Crippen molar-refractivity contribution in [3.05, 3.63) is 60.6 Å². The van der Waals surface area contributed by atoms with E-state index in [9.17, 15) is 9.18 Å². The lowest BCUT2D eigenvalue weighted by Crippen LogP contribution is -2.48. The first-order chi connectivity index (χ1) is 12.7.